The second-order valence-electron chi connectivity index (χ2n) is 7.71. The Bertz CT molecular complexity index is 958. The molecule has 1 amide bonds. The van der Waals surface area contributed by atoms with Crippen molar-refractivity contribution in [3.63, 3.8) is 0 Å². The van der Waals surface area contributed by atoms with Crippen LogP contribution in [0.15, 0.2) is 18.2 Å². The summed E-state index contributed by atoms with van der Waals surface area (Å²) in [5, 5.41) is 0.813. The number of fused-ring (bicyclic) bond motifs is 3. The summed E-state index contributed by atoms with van der Waals surface area (Å²) in [4.78, 5) is 26.2. The Labute approximate surface area is 167 Å². The topological polar surface area (TPSA) is 77.8 Å². The van der Waals surface area contributed by atoms with Crippen molar-refractivity contribution in [2.45, 2.75) is 46.3 Å². The highest BCUT2D eigenvalue weighted by Gasteiger charge is 2.30. The van der Waals surface area contributed by atoms with E-state index in [1.54, 1.807) is 23.1 Å². The van der Waals surface area contributed by atoms with Crippen LogP contribution in [0.4, 0.5) is 4.79 Å². The zero-order valence-electron chi connectivity index (χ0n) is 16.9. The molecule has 152 valence electrons. The molecular weight excluding hydrogens is 380 g/mol. The Hall–Kier alpha value is -2.35. The van der Waals surface area contributed by atoms with Crippen LogP contribution in [-0.2, 0) is 33.4 Å². The summed E-state index contributed by atoms with van der Waals surface area (Å²) in [6.45, 7) is 8.20. The number of nitrogens with zero attached hydrogens (tertiary/aromatic N) is 2. The van der Waals surface area contributed by atoms with Crippen LogP contribution in [0.2, 0.25) is 0 Å². The second-order valence-corrected chi connectivity index (χ2v) is 9.29. The first-order chi connectivity index (χ1) is 13.2. The van der Waals surface area contributed by atoms with Gasteiger partial charge in [0.1, 0.15) is 16.6 Å². The molecule has 1 aromatic carbocycles. The molecule has 0 aliphatic carbocycles. The molecule has 1 aliphatic heterocycles. The van der Waals surface area contributed by atoms with E-state index in [-0.39, 0.29) is 6.09 Å². The molecule has 28 heavy (non-hydrogen) atoms. The zero-order chi connectivity index (χ0) is 20.6. The van der Waals surface area contributed by atoms with Gasteiger partial charge in [0.2, 0.25) is 0 Å². The number of esters is 1. The monoisotopic (exact) mass is 406 g/mol. The van der Waals surface area contributed by atoms with Crippen LogP contribution in [0, 0.1) is 0 Å². The average Bonchev–Trinajstić information content (AvgIpc) is 2.98. The van der Waals surface area contributed by atoms with Gasteiger partial charge in [-0.15, -0.1) is 0 Å². The molecule has 8 heteroatoms. The van der Waals surface area contributed by atoms with E-state index < -0.39 is 22.6 Å². The summed E-state index contributed by atoms with van der Waals surface area (Å²) >= 11 is 0. The highest BCUT2D eigenvalue weighted by Crippen LogP contribution is 2.33. The molecule has 1 aromatic heterocycles. The van der Waals surface area contributed by atoms with Crippen LogP contribution in [0.5, 0.6) is 0 Å². The maximum Gasteiger partial charge on any atom is 0.410 e. The van der Waals surface area contributed by atoms with E-state index in [0.717, 1.165) is 22.2 Å². The van der Waals surface area contributed by atoms with Crippen LogP contribution >= 0.6 is 0 Å². The van der Waals surface area contributed by atoms with Crippen molar-refractivity contribution in [2.24, 2.45) is 0 Å². The van der Waals surface area contributed by atoms with Gasteiger partial charge < -0.3 is 14.4 Å². The SMILES string of the molecule is CCS(=O)n1c2c(c3cc(C(=O)OC)ccc31)CN(C(=O)OC(C)(C)C)CC2. The van der Waals surface area contributed by atoms with E-state index in [1.807, 2.05) is 31.7 Å². The summed E-state index contributed by atoms with van der Waals surface area (Å²) in [5.74, 6) is 0.0462. The lowest BCUT2D eigenvalue weighted by Crippen LogP contribution is -2.40. The summed E-state index contributed by atoms with van der Waals surface area (Å²) in [6, 6.07) is 5.22. The fourth-order valence-electron chi connectivity index (χ4n) is 3.41. The molecule has 0 N–H and O–H groups in total. The number of hydrogen-bond donors (Lipinski definition) is 0. The van der Waals surface area contributed by atoms with E-state index in [2.05, 4.69) is 0 Å². The van der Waals surface area contributed by atoms with Gasteiger partial charge in [0.05, 0.1) is 24.7 Å². The first-order valence-corrected chi connectivity index (χ1v) is 10.5. The standard InChI is InChI=1S/C20H26N2O5S/c1-6-28(25)22-16-8-7-13(18(23)26-5)11-14(16)15-12-21(10-9-17(15)22)19(24)27-20(2,3)4/h7-8,11H,6,9-10,12H2,1-5H3. The van der Waals surface area contributed by atoms with E-state index in [1.165, 1.54) is 7.11 Å². The lowest BCUT2D eigenvalue weighted by atomic mass is 10.0. The first kappa shape index (κ1) is 20.4. The average molecular weight is 407 g/mol. The van der Waals surface area contributed by atoms with Crippen molar-refractivity contribution in [2.75, 3.05) is 19.4 Å². The largest absolute Gasteiger partial charge is 0.465 e. The van der Waals surface area contributed by atoms with E-state index in [4.69, 9.17) is 9.47 Å². The third-order valence-corrected chi connectivity index (χ3v) is 5.94. The Kier molecular flexibility index (Phi) is 5.52. The Morgan fingerprint density at radius 3 is 2.57 bits per heavy atom. The van der Waals surface area contributed by atoms with Crippen molar-refractivity contribution in [3.8, 4) is 0 Å². The number of amides is 1. The van der Waals surface area contributed by atoms with E-state index >= 15 is 0 Å². The number of aromatic nitrogens is 1. The number of benzene rings is 1. The molecule has 0 radical (unpaired) electrons. The predicted octanol–water partition coefficient (Wildman–Crippen LogP) is 3.25. The highest BCUT2D eigenvalue weighted by molar-refractivity contribution is 7.83. The fourth-order valence-corrected chi connectivity index (χ4v) is 4.49. The minimum Gasteiger partial charge on any atom is -0.465 e. The van der Waals surface area contributed by atoms with Gasteiger partial charge in [-0.3, -0.25) is 3.97 Å². The lowest BCUT2D eigenvalue weighted by Gasteiger charge is -2.30. The number of rotatable bonds is 3. The third-order valence-electron chi connectivity index (χ3n) is 4.62. The molecular formula is C20H26N2O5S. The van der Waals surface area contributed by atoms with Crippen molar-refractivity contribution in [1.82, 2.24) is 8.87 Å². The maximum atomic E-state index is 12.7. The molecule has 0 bridgehead atoms. The molecule has 1 unspecified atom stereocenters. The van der Waals surface area contributed by atoms with Crippen LogP contribution in [-0.4, -0.2) is 50.2 Å². The van der Waals surface area contributed by atoms with Crippen molar-refractivity contribution < 1.29 is 23.3 Å². The molecule has 1 atom stereocenters. The zero-order valence-corrected chi connectivity index (χ0v) is 17.7. The molecule has 0 fully saturated rings. The normalized spacial score (nSPS) is 15.2. The van der Waals surface area contributed by atoms with Crippen molar-refractivity contribution in [1.29, 1.82) is 0 Å². The van der Waals surface area contributed by atoms with Gasteiger partial charge in [-0.25, -0.2) is 13.8 Å². The van der Waals surface area contributed by atoms with Crippen molar-refractivity contribution in [3.05, 3.63) is 35.0 Å². The molecule has 2 aromatic rings. The molecule has 0 saturated carbocycles. The second kappa shape index (κ2) is 7.58. The van der Waals surface area contributed by atoms with Crippen LogP contribution in [0.3, 0.4) is 0 Å². The highest BCUT2D eigenvalue weighted by atomic mass is 32.2. The lowest BCUT2D eigenvalue weighted by molar-refractivity contribution is 0.0224. The van der Waals surface area contributed by atoms with E-state index in [9.17, 15) is 13.8 Å². The van der Waals surface area contributed by atoms with Crippen LogP contribution in [0.25, 0.3) is 10.9 Å². The fraction of sp³-hybridized carbons (Fsp3) is 0.500. The minimum atomic E-state index is -1.21. The Balaban J connectivity index is 2.09. The van der Waals surface area contributed by atoms with Gasteiger partial charge in [0, 0.05) is 35.4 Å². The predicted molar refractivity (Wildman–Crippen MR) is 108 cm³/mol. The number of carbonyl (C=O) groups excluding carboxylic acids is 2. The van der Waals surface area contributed by atoms with Crippen molar-refractivity contribution >= 4 is 34.0 Å². The molecule has 0 spiro atoms. The summed E-state index contributed by atoms with van der Waals surface area (Å²) < 4.78 is 24.9. The Morgan fingerprint density at radius 2 is 1.96 bits per heavy atom. The van der Waals surface area contributed by atoms with Crippen LogP contribution in [0.1, 0.15) is 49.3 Å². The molecule has 2 heterocycles. The maximum absolute atomic E-state index is 12.7. The number of carbonyl (C=O) groups is 2. The smallest absolute Gasteiger partial charge is 0.410 e. The third kappa shape index (κ3) is 3.78. The van der Waals surface area contributed by atoms with E-state index in [0.29, 0.717) is 30.8 Å². The Morgan fingerprint density at radius 1 is 1.25 bits per heavy atom. The number of methoxy groups -OCH3 is 1. The van der Waals surface area contributed by atoms with Gasteiger partial charge in [-0.1, -0.05) is 6.92 Å². The van der Waals surface area contributed by atoms with Crippen LogP contribution < -0.4 is 0 Å². The summed E-state index contributed by atoms with van der Waals surface area (Å²) in [6.07, 6.45) is 0.197. The van der Waals surface area contributed by atoms with Gasteiger partial charge in [-0.05, 0) is 39.0 Å². The summed E-state index contributed by atoms with van der Waals surface area (Å²) in [7, 11) is 0.122. The molecule has 7 nitrogen and oxygen atoms in total. The summed E-state index contributed by atoms with van der Waals surface area (Å²) in [5.41, 5.74) is 2.49. The number of hydrogen-bond acceptors (Lipinski definition) is 5. The number of ether oxygens (including phenoxy) is 2. The van der Waals surface area contributed by atoms with Gasteiger partial charge >= 0.3 is 12.1 Å². The quantitative estimate of drug-likeness (QED) is 0.731. The molecule has 1 aliphatic rings. The van der Waals surface area contributed by atoms with Gasteiger partial charge in [-0.2, -0.15) is 0 Å². The first-order valence-electron chi connectivity index (χ1n) is 9.27. The van der Waals surface area contributed by atoms with Gasteiger partial charge in [0.15, 0.2) is 0 Å². The van der Waals surface area contributed by atoms with Gasteiger partial charge in [0.25, 0.3) is 0 Å². The molecule has 0 saturated heterocycles. The minimum absolute atomic E-state index is 0.347. The molecule has 3 rings (SSSR count).